The van der Waals surface area contributed by atoms with E-state index in [1.165, 1.54) is 0 Å². The first kappa shape index (κ1) is 10.8. The molecule has 0 bridgehead atoms. The summed E-state index contributed by atoms with van der Waals surface area (Å²) < 4.78 is 23.3. The number of rotatable bonds is 0. The largest absolute Gasteiger partial charge is 0.229 e. The van der Waals surface area contributed by atoms with Crippen LogP contribution in [0.15, 0.2) is 12.2 Å². The topological polar surface area (TPSA) is 34.1 Å². The van der Waals surface area contributed by atoms with E-state index in [-0.39, 0.29) is 22.3 Å². The van der Waals surface area contributed by atoms with E-state index in [9.17, 15) is 8.42 Å². The SMILES string of the molecule is CC1(C)C=CC(C)(C)CS(=O)(=O)C1. The Balaban J connectivity index is 3.10. The fourth-order valence-electron chi connectivity index (χ4n) is 1.73. The molecule has 0 fully saturated rings. The van der Waals surface area contributed by atoms with Crippen LogP contribution in [-0.4, -0.2) is 19.9 Å². The van der Waals surface area contributed by atoms with Crippen LogP contribution in [0.3, 0.4) is 0 Å². The predicted octanol–water partition coefficient (Wildman–Crippen LogP) is 2.02. The van der Waals surface area contributed by atoms with Crippen molar-refractivity contribution in [1.82, 2.24) is 0 Å². The van der Waals surface area contributed by atoms with E-state index in [1.807, 2.05) is 39.8 Å². The summed E-state index contributed by atoms with van der Waals surface area (Å²) >= 11 is 0. The first-order chi connectivity index (χ1) is 5.62. The maximum atomic E-state index is 11.7. The predicted molar refractivity (Wildman–Crippen MR) is 55.4 cm³/mol. The third kappa shape index (κ3) is 3.14. The highest BCUT2D eigenvalue weighted by atomic mass is 32.2. The van der Waals surface area contributed by atoms with Crippen LogP contribution in [0.2, 0.25) is 0 Å². The average molecular weight is 202 g/mol. The molecule has 0 aromatic carbocycles. The maximum Gasteiger partial charge on any atom is 0.151 e. The summed E-state index contributed by atoms with van der Waals surface area (Å²) in [6.07, 6.45) is 4.05. The lowest BCUT2D eigenvalue weighted by atomic mass is 9.89. The molecule has 1 heterocycles. The van der Waals surface area contributed by atoms with Crippen LogP contribution in [0, 0.1) is 10.8 Å². The van der Waals surface area contributed by atoms with Gasteiger partial charge < -0.3 is 0 Å². The van der Waals surface area contributed by atoms with Gasteiger partial charge in [-0.15, -0.1) is 0 Å². The molecule has 0 spiro atoms. The molecule has 1 rings (SSSR count). The van der Waals surface area contributed by atoms with Crippen molar-refractivity contribution in [2.75, 3.05) is 11.5 Å². The van der Waals surface area contributed by atoms with Gasteiger partial charge in [0.25, 0.3) is 0 Å². The van der Waals surface area contributed by atoms with Gasteiger partial charge in [-0.1, -0.05) is 39.8 Å². The Kier molecular flexibility index (Phi) is 2.35. The minimum absolute atomic E-state index is 0.216. The molecule has 0 saturated heterocycles. The standard InChI is InChI=1S/C10H18O2S/c1-9(2)5-6-10(3,4)8-13(11,12)7-9/h5-6H,7-8H2,1-4H3. The van der Waals surface area contributed by atoms with Crippen molar-refractivity contribution < 1.29 is 8.42 Å². The van der Waals surface area contributed by atoms with Gasteiger partial charge in [0, 0.05) is 0 Å². The Morgan fingerprint density at radius 2 is 1.23 bits per heavy atom. The molecule has 76 valence electrons. The Bertz CT molecular complexity index is 295. The summed E-state index contributed by atoms with van der Waals surface area (Å²) in [4.78, 5) is 0. The van der Waals surface area contributed by atoms with Gasteiger partial charge in [0.05, 0.1) is 11.5 Å². The second kappa shape index (κ2) is 2.84. The van der Waals surface area contributed by atoms with Gasteiger partial charge in [-0.05, 0) is 10.8 Å². The van der Waals surface area contributed by atoms with Gasteiger partial charge in [0.1, 0.15) is 0 Å². The third-order valence-corrected chi connectivity index (χ3v) is 4.54. The second-order valence-electron chi connectivity index (χ2n) is 5.34. The fraction of sp³-hybridized carbons (Fsp3) is 0.800. The van der Waals surface area contributed by atoms with Crippen LogP contribution >= 0.6 is 0 Å². The van der Waals surface area contributed by atoms with Crippen LogP contribution < -0.4 is 0 Å². The fourth-order valence-corrected chi connectivity index (χ4v) is 4.29. The highest BCUT2D eigenvalue weighted by Gasteiger charge is 2.32. The van der Waals surface area contributed by atoms with Crippen molar-refractivity contribution in [3.63, 3.8) is 0 Å². The zero-order valence-corrected chi connectivity index (χ0v) is 9.61. The lowest BCUT2D eigenvalue weighted by Gasteiger charge is -2.18. The highest BCUT2D eigenvalue weighted by Crippen LogP contribution is 2.31. The van der Waals surface area contributed by atoms with E-state index < -0.39 is 9.84 Å². The van der Waals surface area contributed by atoms with Crippen LogP contribution in [0.25, 0.3) is 0 Å². The summed E-state index contributed by atoms with van der Waals surface area (Å²) in [6, 6.07) is 0. The normalized spacial score (nSPS) is 29.5. The molecular weight excluding hydrogens is 184 g/mol. The Morgan fingerprint density at radius 3 is 1.54 bits per heavy atom. The molecule has 0 aromatic heterocycles. The second-order valence-corrected chi connectivity index (χ2v) is 7.41. The number of hydrogen-bond acceptors (Lipinski definition) is 2. The van der Waals surface area contributed by atoms with Crippen LogP contribution in [0.4, 0.5) is 0 Å². The first-order valence-corrected chi connectivity index (χ1v) is 6.35. The van der Waals surface area contributed by atoms with Crippen molar-refractivity contribution in [2.24, 2.45) is 10.8 Å². The van der Waals surface area contributed by atoms with Gasteiger partial charge in [0.2, 0.25) is 0 Å². The monoisotopic (exact) mass is 202 g/mol. The number of allylic oxidation sites excluding steroid dienone is 2. The molecule has 1 aliphatic rings. The minimum atomic E-state index is -2.90. The molecule has 0 radical (unpaired) electrons. The van der Waals surface area contributed by atoms with E-state index in [4.69, 9.17) is 0 Å². The van der Waals surface area contributed by atoms with Gasteiger partial charge in [-0.25, -0.2) is 8.42 Å². The molecule has 0 unspecified atom stereocenters. The Morgan fingerprint density at radius 1 is 0.923 bits per heavy atom. The summed E-state index contributed by atoms with van der Waals surface area (Å²) in [5.74, 6) is 0.528. The van der Waals surface area contributed by atoms with Gasteiger partial charge >= 0.3 is 0 Å². The van der Waals surface area contributed by atoms with Crippen LogP contribution in [0.1, 0.15) is 27.7 Å². The van der Waals surface area contributed by atoms with Gasteiger partial charge in [-0.2, -0.15) is 0 Å². The van der Waals surface area contributed by atoms with Crippen molar-refractivity contribution in [2.45, 2.75) is 27.7 Å². The van der Waals surface area contributed by atoms with Crippen molar-refractivity contribution in [3.8, 4) is 0 Å². The van der Waals surface area contributed by atoms with E-state index in [0.29, 0.717) is 0 Å². The molecule has 0 aromatic rings. The third-order valence-electron chi connectivity index (χ3n) is 2.17. The van der Waals surface area contributed by atoms with E-state index in [0.717, 1.165) is 0 Å². The highest BCUT2D eigenvalue weighted by molar-refractivity contribution is 7.91. The van der Waals surface area contributed by atoms with E-state index >= 15 is 0 Å². The Hall–Kier alpha value is -0.310. The van der Waals surface area contributed by atoms with Gasteiger partial charge in [-0.3, -0.25) is 0 Å². The van der Waals surface area contributed by atoms with Crippen molar-refractivity contribution in [1.29, 1.82) is 0 Å². The molecule has 2 nitrogen and oxygen atoms in total. The Labute approximate surface area is 81.0 Å². The van der Waals surface area contributed by atoms with Crippen molar-refractivity contribution in [3.05, 3.63) is 12.2 Å². The van der Waals surface area contributed by atoms with Crippen LogP contribution in [-0.2, 0) is 9.84 Å². The summed E-state index contributed by atoms with van der Waals surface area (Å²) in [6.45, 7) is 7.84. The van der Waals surface area contributed by atoms with E-state index in [1.54, 1.807) is 0 Å². The number of sulfone groups is 1. The lowest BCUT2D eigenvalue weighted by Crippen LogP contribution is -2.26. The smallest absolute Gasteiger partial charge is 0.151 e. The zero-order valence-electron chi connectivity index (χ0n) is 8.79. The summed E-state index contributed by atoms with van der Waals surface area (Å²) in [5, 5.41) is 0. The molecule has 3 heteroatoms. The minimum Gasteiger partial charge on any atom is -0.229 e. The van der Waals surface area contributed by atoms with Gasteiger partial charge in [0.15, 0.2) is 9.84 Å². The molecule has 0 amide bonds. The molecule has 0 saturated carbocycles. The lowest BCUT2D eigenvalue weighted by molar-refractivity contribution is 0.520. The summed E-state index contributed by atoms with van der Waals surface area (Å²) in [5.41, 5.74) is -0.431. The number of hydrogen-bond donors (Lipinski definition) is 0. The van der Waals surface area contributed by atoms with Crippen molar-refractivity contribution >= 4 is 9.84 Å². The molecule has 1 aliphatic heterocycles. The molecule has 0 N–H and O–H groups in total. The molecule has 0 aliphatic carbocycles. The first-order valence-electron chi connectivity index (χ1n) is 4.53. The average Bonchev–Trinajstić information content (AvgIpc) is 1.83. The van der Waals surface area contributed by atoms with E-state index in [2.05, 4.69) is 0 Å². The quantitative estimate of drug-likeness (QED) is 0.563. The maximum absolute atomic E-state index is 11.7. The summed E-state index contributed by atoms with van der Waals surface area (Å²) in [7, 11) is -2.90. The van der Waals surface area contributed by atoms with Crippen LogP contribution in [0.5, 0.6) is 0 Å². The zero-order chi connectivity index (χ0) is 10.3. The molecule has 13 heavy (non-hydrogen) atoms. The molecular formula is C10H18O2S. The molecule has 0 atom stereocenters.